The molecule has 1 aliphatic heterocycles. The monoisotopic (exact) mass is 459 g/mol. The summed E-state index contributed by atoms with van der Waals surface area (Å²) in [5.41, 5.74) is 2.89. The van der Waals surface area contributed by atoms with E-state index < -0.39 is 22.0 Å². The van der Waals surface area contributed by atoms with Crippen LogP contribution in [-0.4, -0.2) is 44.2 Å². The number of nitrogens with zero attached hydrogens (tertiary/aromatic N) is 1. The van der Waals surface area contributed by atoms with Crippen LogP contribution in [0.25, 0.3) is 5.57 Å². The highest BCUT2D eigenvalue weighted by atomic mass is 35.5. The van der Waals surface area contributed by atoms with Gasteiger partial charge in [-0.25, -0.2) is 8.42 Å². The molecule has 0 amide bonds. The number of fused-ring (bicyclic) bond motifs is 1. The van der Waals surface area contributed by atoms with Crippen LogP contribution in [0.3, 0.4) is 0 Å². The van der Waals surface area contributed by atoms with E-state index in [0.717, 1.165) is 11.1 Å². The quantitative estimate of drug-likeness (QED) is 0.652. The van der Waals surface area contributed by atoms with Gasteiger partial charge < -0.3 is 4.74 Å². The first-order valence-electron chi connectivity index (χ1n) is 9.91. The summed E-state index contributed by atoms with van der Waals surface area (Å²) in [4.78, 5) is 25.5. The zero-order chi connectivity index (χ0) is 22.3. The van der Waals surface area contributed by atoms with Gasteiger partial charge in [0.1, 0.15) is 6.04 Å². The fourth-order valence-electron chi connectivity index (χ4n) is 4.34. The number of ketones is 1. The first-order valence-corrected chi connectivity index (χ1v) is 11.7. The summed E-state index contributed by atoms with van der Waals surface area (Å²) >= 11 is 5.98. The molecule has 1 saturated heterocycles. The number of halogens is 1. The minimum Gasteiger partial charge on any atom is -0.468 e. The standard InChI is InChI=1S/C23H22ClNO5S/c1-14-3-9-18(10-4-14)31(28,29)25-13-19-16(11-20(25)23(27)30-2)12-21(26)22(19)15-5-7-17(24)8-6-15/h3-10,16,20H,11-13H2,1-2H3/t16-,20-/m0/s1. The normalized spacial score (nSPS) is 21.8. The van der Waals surface area contributed by atoms with Crippen LogP contribution >= 0.6 is 11.6 Å². The van der Waals surface area contributed by atoms with Crippen LogP contribution in [0.1, 0.15) is 24.0 Å². The third kappa shape index (κ3) is 3.93. The van der Waals surface area contributed by atoms with E-state index in [0.29, 0.717) is 16.2 Å². The predicted molar refractivity (Wildman–Crippen MR) is 117 cm³/mol. The number of piperidine rings is 1. The van der Waals surface area contributed by atoms with Gasteiger partial charge in [-0.05, 0) is 54.7 Å². The van der Waals surface area contributed by atoms with E-state index in [1.54, 1.807) is 36.4 Å². The summed E-state index contributed by atoms with van der Waals surface area (Å²) < 4.78 is 33.0. The molecule has 8 heteroatoms. The van der Waals surface area contributed by atoms with E-state index in [9.17, 15) is 18.0 Å². The Balaban J connectivity index is 1.81. The lowest BCUT2D eigenvalue weighted by Crippen LogP contribution is -2.50. The number of esters is 1. The number of benzene rings is 2. The number of ether oxygens (including phenoxy) is 1. The van der Waals surface area contributed by atoms with Gasteiger partial charge in [0.15, 0.2) is 5.78 Å². The lowest BCUT2D eigenvalue weighted by atomic mass is 9.88. The van der Waals surface area contributed by atoms with Crippen molar-refractivity contribution in [1.29, 1.82) is 0 Å². The molecule has 31 heavy (non-hydrogen) atoms. The van der Waals surface area contributed by atoms with Gasteiger partial charge in [0.25, 0.3) is 0 Å². The van der Waals surface area contributed by atoms with Crippen molar-refractivity contribution in [2.45, 2.75) is 30.7 Å². The Labute approximate surface area is 186 Å². The van der Waals surface area contributed by atoms with E-state index in [4.69, 9.17) is 16.3 Å². The maximum atomic E-state index is 13.5. The summed E-state index contributed by atoms with van der Waals surface area (Å²) in [5, 5.41) is 0.550. The van der Waals surface area contributed by atoms with Crippen LogP contribution in [0.15, 0.2) is 59.0 Å². The molecule has 4 rings (SSSR count). The van der Waals surface area contributed by atoms with Gasteiger partial charge >= 0.3 is 5.97 Å². The summed E-state index contributed by atoms with van der Waals surface area (Å²) in [6.45, 7) is 1.83. The number of methoxy groups -OCH3 is 1. The zero-order valence-electron chi connectivity index (χ0n) is 17.2. The topological polar surface area (TPSA) is 80.8 Å². The molecule has 6 nitrogen and oxygen atoms in total. The molecule has 0 bridgehead atoms. The number of allylic oxidation sites excluding steroid dienone is 1. The molecule has 0 radical (unpaired) electrons. The molecule has 2 atom stereocenters. The van der Waals surface area contributed by atoms with E-state index in [-0.39, 0.29) is 36.0 Å². The Kier molecular flexibility index (Phi) is 5.77. The Morgan fingerprint density at radius 2 is 1.74 bits per heavy atom. The first kappa shape index (κ1) is 21.7. The molecular formula is C23H22ClNO5S. The number of Topliss-reactive ketones (excluding diaryl/α,β-unsaturated/α-hetero) is 1. The van der Waals surface area contributed by atoms with Gasteiger partial charge in [0, 0.05) is 23.6 Å². The molecule has 1 aliphatic carbocycles. The highest BCUT2D eigenvalue weighted by Gasteiger charge is 2.47. The molecule has 1 heterocycles. The Morgan fingerprint density at radius 3 is 2.35 bits per heavy atom. The number of carbonyl (C=O) groups excluding carboxylic acids is 2. The number of rotatable bonds is 4. The second-order valence-corrected chi connectivity index (χ2v) is 10.2. The fraction of sp³-hybridized carbons (Fsp3) is 0.304. The summed E-state index contributed by atoms with van der Waals surface area (Å²) in [7, 11) is -2.75. The second kappa shape index (κ2) is 8.22. The maximum Gasteiger partial charge on any atom is 0.324 e. The number of carbonyl (C=O) groups is 2. The molecule has 2 aliphatic rings. The minimum absolute atomic E-state index is 0.0374. The van der Waals surface area contributed by atoms with Gasteiger partial charge in [0.05, 0.1) is 12.0 Å². The Hall–Kier alpha value is -2.48. The molecule has 0 spiro atoms. The number of hydrogen-bond acceptors (Lipinski definition) is 5. The number of hydrogen-bond donors (Lipinski definition) is 0. The average molecular weight is 460 g/mol. The van der Waals surface area contributed by atoms with Gasteiger partial charge in [-0.15, -0.1) is 0 Å². The first-order chi connectivity index (χ1) is 14.7. The molecule has 2 aromatic rings. The van der Waals surface area contributed by atoms with Crippen LogP contribution in [0.5, 0.6) is 0 Å². The fourth-order valence-corrected chi connectivity index (χ4v) is 6.04. The Bertz CT molecular complexity index is 1170. The highest BCUT2D eigenvalue weighted by Crippen LogP contribution is 2.43. The molecule has 0 aromatic heterocycles. The minimum atomic E-state index is -3.99. The van der Waals surface area contributed by atoms with Crippen molar-refractivity contribution in [2.24, 2.45) is 5.92 Å². The second-order valence-electron chi connectivity index (χ2n) is 7.87. The van der Waals surface area contributed by atoms with Gasteiger partial charge in [-0.1, -0.05) is 41.4 Å². The van der Waals surface area contributed by atoms with Crippen LogP contribution in [0.4, 0.5) is 0 Å². The molecule has 162 valence electrons. The van der Waals surface area contributed by atoms with Crippen LogP contribution in [-0.2, 0) is 24.3 Å². The van der Waals surface area contributed by atoms with Gasteiger partial charge in [-0.2, -0.15) is 4.31 Å². The van der Waals surface area contributed by atoms with Crippen molar-refractivity contribution in [3.8, 4) is 0 Å². The van der Waals surface area contributed by atoms with Crippen LogP contribution in [0.2, 0.25) is 5.02 Å². The van der Waals surface area contributed by atoms with Crippen molar-refractivity contribution in [3.63, 3.8) is 0 Å². The van der Waals surface area contributed by atoms with Crippen LogP contribution in [0, 0.1) is 12.8 Å². The highest BCUT2D eigenvalue weighted by molar-refractivity contribution is 7.89. The SMILES string of the molecule is COC(=O)[C@@H]1C[C@H]2CC(=O)C(c3ccc(Cl)cc3)=C2CN1S(=O)(=O)c1ccc(C)cc1. The maximum absolute atomic E-state index is 13.5. The number of aryl methyl sites for hydroxylation is 1. The van der Waals surface area contributed by atoms with Crippen molar-refractivity contribution in [3.05, 3.63) is 70.3 Å². The predicted octanol–water partition coefficient (Wildman–Crippen LogP) is 3.63. The van der Waals surface area contributed by atoms with Crippen molar-refractivity contribution < 1.29 is 22.7 Å². The average Bonchev–Trinajstić information content (AvgIpc) is 3.08. The molecule has 0 unspecified atom stereocenters. The molecular weight excluding hydrogens is 438 g/mol. The molecule has 2 aromatic carbocycles. The van der Waals surface area contributed by atoms with E-state index in [1.165, 1.54) is 23.5 Å². The van der Waals surface area contributed by atoms with Crippen molar-refractivity contribution in [1.82, 2.24) is 4.31 Å². The summed E-state index contributed by atoms with van der Waals surface area (Å²) in [6.07, 6.45) is 0.454. The smallest absolute Gasteiger partial charge is 0.324 e. The summed E-state index contributed by atoms with van der Waals surface area (Å²) in [6, 6.07) is 12.4. The molecule has 1 fully saturated rings. The summed E-state index contributed by atoms with van der Waals surface area (Å²) in [5.74, 6) is -0.880. The number of sulfonamides is 1. The van der Waals surface area contributed by atoms with E-state index in [2.05, 4.69) is 0 Å². The zero-order valence-corrected chi connectivity index (χ0v) is 18.7. The largest absolute Gasteiger partial charge is 0.468 e. The van der Waals surface area contributed by atoms with E-state index in [1.807, 2.05) is 6.92 Å². The Morgan fingerprint density at radius 1 is 1.10 bits per heavy atom. The molecule has 0 N–H and O–H groups in total. The molecule has 0 saturated carbocycles. The van der Waals surface area contributed by atoms with E-state index >= 15 is 0 Å². The van der Waals surface area contributed by atoms with Crippen molar-refractivity contribution >= 4 is 38.9 Å². The lowest BCUT2D eigenvalue weighted by Gasteiger charge is -2.37. The lowest BCUT2D eigenvalue weighted by molar-refractivity contribution is -0.146. The van der Waals surface area contributed by atoms with Crippen molar-refractivity contribution in [2.75, 3.05) is 13.7 Å². The third-order valence-corrected chi connectivity index (χ3v) is 8.06. The third-order valence-electron chi connectivity index (χ3n) is 5.94. The van der Waals surface area contributed by atoms with Crippen LogP contribution < -0.4 is 0 Å². The van der Waals surface area contributed by atoms with Gasteiger partial charge in [-0.3, -0.25) is 9.59 Å². The van der Waals surface area contributed by atoms with Gasteiger partial charge in [0.2, 0.25) is 10.0 Å².